The van der Waals surface area contributed by atoms with Crippen LogP contribution in [0.25, 0.3) is 0 Å². The van der Waals surface area contributed by atoms with Crippen molar-refractivity contribution in [2.45, 2.75) is 25.7 Å². The second-order valence-electron chi connectivity index (χ2n) is 3.61. The summed E-state index contributed by atoms with van der Waals surface area (Å²) in [7, 11) is 0. The maximum Gasteiger partial charge on any atom is 0.303 e. The number of ketones is 1. The van der Waals surface area contributed by atoms with E-state index in [4.69, 9.17) is 5.11 Å². The summed E-state index contributed by atoms with van der Waals surface area (Å²) in [4.78, 5) is 21.7. The summed E-state index contributed by atoms with van der Waals surface area (Å²) in [5, 5.41) is 8.75. The van der Waals surface area contributed by atoms with Gasteiger partial charge in [-0.15, -0.1) is 0 Å². The SMILES string of the molecule is CC(=O)C[C@@H](CC(=O)O)c1ccccc1. The zero-order valence-electron chi connectivity index (χ0n) is 8.64. The predicted octanol–water partition coefficient (Wildman–Crippen LogP) is 2.22. The molecule has 0 fully saturated rings. The van der Waals surface area contributed by atoms with Crippen LogP contribution in [0.4, 0.5) is 0 Å². The lowest BCUT2D eigenvalue weighted by Gasteiger charge is -2.13. The van der Waals surface area contributed by atoms with Gasteiger partial charge in [0, 0.05) is 12.3 Å². The van der Waals surface area contributed by atoms with Crippen LogP contribution in [0, 0.1) is 0 Å². The number of Topliss-reactive ketones (excluding diaryl/α,β-unsaturated/α-hetero) is 1. The third-order valence-corrected chi connectivity index (χ3v) is 2.23. The molecule has 0 bridgehead atoms. The van der Waals surface area contributed by atoms with Gasteiger partial charge in [-0.05, 0) is 12.5 Å². The largest absolute Gasteiger partial charge is 0.481 e. The van der Waals surface area contributed by atoms with Crippen LogP contribution in [-0.4, -0.2) is 16.9 Å². The topological polar surface area (TPSA) is 54.4 Å². The van der Waals surface area contributed by atoms with E-state index >= 15 is 0 Å². The van der Waals surface area contributed by atoms with Crippen molar-refractivity contribution < 1.29 is 14.7 Å². The average Bonchev–Trinajstić information content (AvgIpc) is 2.17. The van der Waals surface area contributed by atoms with E-state index < -0.39 is 5.97 Å². The third-order valence-electron chi connectivity index (χ3n) is 2.23. The van der Waals surface area contributed by atoms with Crippen LogP contribution in [0.5, 0.6) is 0 Å². The molecule has 0 saturated heterocycles. The highest BCUT2D eigenvalue weighted by atomic mass is 16.4. The third kappa shape index (κ3) is 3.94. The Morgan fingerprint density at radius 1 is 1.20 bits per heavy atom. The molecule has 0 amide bonds. The van der Waals surface area contributed by atoms with E-state index in [0.717, 1.165) is 5.56 Å². The summed E-state index contributed by atoms with van der Waals surface area (Å²) >= 11 is 0. The van der Waals surface area contributed by atoms with Crippen molar-refractivity contribution in [2.75, 3.05) is 0 Å². The van der Waals surface area contributed by atoms with Crippen molar-refractivity contribution in [3.8, 4) is 0 Å². The first-order chi connectivity index (χ1) is 7.09. The molecular weight excluding hydrogens is 192 g/mol. The number of carboxylic acid groups (broad SMARTS) is 1. The average molecular weight is 206 g/mol. The van der Waals surface area contributed by atoms with E-state index in [1.165, 1.54) is 6.92 Å². The van der Waals surface area contributed by atoms with E-state index in [-0.39, 0.29) is 24.5 Å². The number of hydrogen-bond donors (Lipinski definition) is 1. The van der Waals surface area contributed by atoms with Crippen molar-refractivity contribution in [1.29, 1.82) is 0 Å². The van der Waals surface area contributed by atoms with Crippen LogP contribution in [0.3, 0.4) is 0 Å². The quantitative estimate of drug-likeness (QED) is 0.803. The Morgan fingerprint density at radius 2 is 1.80 bits per heavy atom. The molecule has 1 aromatic carbocycles. The molecule has 1 N–H and O–H groups in total. The minimum absolute atomic E-state index is 0.00356. The molecule has 0 heterocycles. The minimum Gasteiger partial charge on any atom is -0.481 e. The molecule has 0 unspecified atom stereocenters. The molecule has 0 aliphatic carbocycles. The number of benzene rings is 1. The lowest BCUT2D eigenvalue weighted by molar-refractivity contribution is -0.137. The van der Waals surface area contributed by atoms with Gasteiger partial charge < -0.3 is 9.90 Å². The Balaban J connectivity index is 2.81. The molecule has 3 nitrogen and oxygen atoms in total. The summed E-state index contributed by atoms with van der Waals surface area (Å²) < 4.78 is 0. The van der Waals surface area contributed by atoms with Gasteiger partial charge in [-0.2, -0.15) is 0 Å². The van der Waals surface area contributed by atoms with Crippen molar-refractivity contribution in [3.05, 3.63) is 35.9 Å². The van der Waals surface area contributed by atoms with Gasteiger partial charge in [0.15, 0.2) is 0 Å². The van der Waals surface area contributed by atoms with E-state index in [1.807, 2.05) is 30.3 Å². The van der Waals surface area contributed by atoms with Crippen LogP contribution in [0.2, 0.25) is 0 Å². The molecular formula is C12H14O3. The highest BCUT2D eigenvalue weighted by Gasteiger charge is 2.16. The zero-order chi connectivity index (χ0) is 11.3. The van der Waals surface area contributed by atoms with Crippen molar-refractivity contribution in [3.63, 3.8) is 0 Å². The van der Waals surface area contributed by atoms with Gasteiger partial charge in [0.2, 0.25) is 0 Å². The second-order valence-corrected chi connectivity index (χ2v) is 3.61. The van der Waals surface area contributed by atoms with Crippen molar-refractivity contribution in [2.24, 2.45) is 0 Å². The fourth-order valence-corrected chi connectivity index (χ4v) is 1.59. The van der Waals surface area contributed by atoms with Crippen molar-refractivity contribution >= 4 is 11.8 Å². The van der Waals surface area contributed by atoms with E-state index in [9.17, 15) is 9.59 Å². The maximum atomic E-state index is 11.0. The first-order valence-corrected chi connectivity index (χ1v) is 4.85. The van der Waals surface area contributed by atoms with Gasteiger partial charge in [0.1, 0.15) is 5.78 Å². The highest BCUT2D eigenvalue weighted by molar-refractivity contribution is 5.78. The molecule has 15 heavy (non-hydrogen) atoms. The van der Waals surface area contributed by atoms with Crippen LogP contribution in [0.1, 0.15) is 31.2 Å². The second kappa shape index (κ2) is 5.29. The van der Waals surface area contributed by atoms with E-state index in [1.54, 1.807) is 0 Å². The zero-order valence-corrected chi connectivity index (χ0v) is 8.64. The number of carbonyl (C=O) groups is 2. The first-order valence-electron chi connectivity index (χ1n) is 4.85. The molecule has 80 valence electrons. The lowest BCUT2D eigenvalue weighted by atomic mass is 9.91. The number of carboxylic acids is 1. The van der Waals surface area contributed by atoms with Gasteiger partial charge in [0.05, 0.1) is 6.42 Å². The summed E-state index contributed by atoms with van der Waals surface area (Å²) in [6, 6.07) is 9.29. The number of carbonyl (C=O) groups excluding carboxylic acids is 1. The maximum absolute atomic E-state index is 11.0. The van der Waals surface area contributed by atoms with E-state index in [0.29, 0.717) is 0 Å². The van der Waals surface area contributed by atoms with Gasteiger partial charge in [-0.1, -0.05) is 30.3 Å². The van der Waals surface area contributed by atoms with Crippen LogP contribution < -0.4 is 0 Å². The number of hydrogen-bond acceptors (Lipinski definition) is 2. The molecule has 0 aliphatic heterocycles. The standard InChI is InChI=1S/C12H14O3/c1-9(13)7-11(8-12(14)15)10-5-3-2-4-6-10/h2-6,11H,7-8H2,1H3,(H,14,15)/t11-/m0/s1. The molecule has 1 aromatic rings. The van der Waals surface area contributed by atoms with Gasteiger partial charge >= 0.3 is 5.97 Å². The van der Waals surface area contributed by atoms with Crippen molar-refractivity contribution in [1.82, 2.24) is 0 Å². The van der Waals surface area contributed by atoms with Gasteiger partial charge in [-0.3, -0.25) is 4.79 Å². The number of aliphatic carboxylic acids is 1. The summed E-state index contributed by atoms with van der Waals surface area (Å²) in [5.41, 5.74) is 0.912. The molecule has 1 rings (SSSR count). The van der Waals surface area contributed by atoms with Gasteiger partial charge in [-0.25, -0.2) is 0 Å². The number of rotatable bonds is 5. The lowest BCUT2D eigenvalue weighted by Crippen LogP contribution is -2.09. The Morgan fingerprint density at radius 3 is 2.27 bits per heavy atom. The monoisotopic (exact) mass is 206 g/mol. The fourth-order valence-electron chi connectivity index (χ4n) is 1.59. The Bertz CT molecular complexity index is 327. The summed E-state index contributed by atoms with van der Waals surface area (Å²) in [6.07, 6.45) is 0.292. The Labute approximate surface area is 88.7 Å². The fraction of sp³-hybridized carbons (Fsp3) is 0.333. The summed E-state index contributed by atoms with van der Waals surface area (Å²) in [6.45, 7) is 1.48. The molecule has 0 aliphatic rings. The molecule has 0 spiro atoms. The smallest absolute Gasteiger partial charge is 0.303 e. The molecule has 3 heteroatoms. The van der Waals surface area contributed by atoms with Crippen LogP contribution >= 0.6 is 0 Å². The highest BCUT2D eigenvalue weighted by Crippen LogP contribution is 2.23. The first kappa shape index (κ1) is 11.4. The molecule has 0 aromatic heterocycles. The Kier molecular flexibility index (Phi) is 4.03. The minimum atomic E-state index is -0.870. The van der Waals surface area contributed by atoms with Gasteiger partial charge in [0.25, 0.3) is 0 Å². The Hall–Kier alpha value is -1.64. The van der Waals surface area contributed by atoms with Crippen LogP contribution in [0.15, 0.2) is 30.3 Å². The van der Waals surface area contributed by atoms with E-state index in [2.05, 4.69) is 0 Å². The molecule has 0 radical (unpaired) electrons. The molecule has 1 atom stereocenters. The predicted molar refractivity (Wildman–Crippen MR) is 56.7 cm³/mol. The molecule has 0 saturated carbocycles. The summed E-state index contributed by atoms with van der Waals surface area (Å²) in [5.74, 6) is -1.06. The van der Waals surface area contributed by atoms with Crippen LogP contribution in [-0.2, 0) is 9.59 Å². The normalized spacial score (nSPS) is 12.1.